The van der Waals surface area contributed by atoms with Gasteiger partial charge >= 0.3 is 5.97 Å². The van der Waals surface area contributed by atoms with E-state index in [0.717, 1.165) is 0 Å². The number of benzene rings is 1. The molecule has 1 heterocycles. The van der Waals surface area contributed by atoms with Crippen molar-refractivity contribution in [3.63, 3.8) is 0 Å². The Balaban J connectivity index is 2.22. The Hall–Kier alpha value is -1.62. The zero-order chi connectivity index (χ0) is 14.2. The van der Waals surface area contributed by atoms with Crippen molar-refractivity contribution in [3.05, 3.63) is 34.6 Å². The number of halogens is 2. The molecule has 0 bridgehead atoms. The number of rotatable bonds is 2. The van der Waals surface area contributed by atoms with Gasteiger partial charge in [-0.25, -0.2) is 4.39 Å². The predicted molar refractivity (Wildman–Crippen MR) is 67.6 cm³/mol. The van der Waals surface area contributed by atoms with Gasteiger partial charge in [0.2, 0.25) is 0 Å². The molecule has 1 saturated heterocycles. The first-order chi connectivity index (χ1) is 8.91. The second-order valence-electron chi connectivity index (χ2n) is 4.73. The van der Waals surface area contributed by atoms with Gasteiger partial charge in [0.05, 0.1) is 16.5 Å². The summed E-state index contributed by atoms with van der Waals surface area (Å²) in [5.41, 5.74) is -0.120. The molecular weight excluding hydrogens is 273 g/mol. The van der Waals surface area contributed by atoms with E-state index in [9.17, 15) is 14.0 Å². The summed E-state index contributed by atoms with van der Waals surface area (Å²) in [6.45, 7) is 2.17. The molecular formula is C13H13ClFNO3. The van der Waals surface area contributed by atoms with Crippen LogP contribution in [-0.4, -0.2) is 35.0 Å². The second-order valence-corrected chi connectivity index (χ2v) is 5.14. The predicted octanol–water partition coefficient (Wildman–Crippen LogP) is 2.27. The molecule has 1 aliphatic rings. The molecule has 0 aromatic heterocycles. The molecule has 2 atom stereocenters. The first kappa shape index (κ1) is 13.8. The number of carbonyl (C=O) groups excluding carboxylic acids is 1. The average molecular weight is 286 g/mol. The number of amides is 1. The molecule has 19 heavy (non-hydrogen) atoms. The molecule has 4 nitrogen and oxygen atoms in total. The van der Waals surface area contributed by atoms with E-state index in [2.05, 4.69) is 0 Å². The van der Waals surface area contributed by atoms with E-state index in [1.54, 1.807) is 6.92 Å². The van der Waals surface area contributed by atoms with Gasteiger partial charge in [0.25, 0.3) is 5.91 Å². The topological polar surface area (TPSA) is 57.6 Å². The maximum absolute atomic E-state index is 13.8. The Morgan fingerprint density at radius 1 is 1.42 bits per heavy atom. The minimum absolute atomic E-state index is 0.0985. The van der Waals surface area contributed by atoms with Crippen molar-refractivity contribution in [1.82, 2.24) is 4.90 Å². The van der Waals surface area contributed by atoms with E-state index in [0.29, 0.717) is 6.54 Å². The Kier molecular flexibility index (Phi) is 3.75. The zero-order valence-electron chi connectivity index (χ0n) is 10.3. The van der Waals surface area contributed by atoms with E-state index < -0.39 is 23.6 Å². The maximum Gasteiger partial charge on any atom is 0.308 e. The van der Waals surface area contributed by atoms with Crippen LogP contribution >= 0.6 is 11.6 Å². The number of carboxylic acid groups (broad SMARTS) is 1. The highest BCUT2D eigenvalue weighted by Gasteiger charge is 2.37. The number of carboxylic acids is 1. The minimum Gasteiger partial charge on any atom is -0.481 e. The Morgan fingerprint density at radius 3 is 2.68 bits per heavy atom. The highest BCUT2D eigenvalue weighted by molar-refractivity contribution is 6.31. The molecule has 0 spiro atoms. The highest BCUT2D eigenvalue weighted by Crippen LogP contribution is 2.26. The lowest BCUT2D eigenvalue weighted by Gasteiger charge is -2.16. The van der Waals surface area contributed by atoms with Crippen LogP contribution in [0.15, 0.2) is 18.2 Å². The third-order valence-corrected chi connectivity index (χ3v) is 3.69. The van der Waals surface area contributed by atoms with Crippen molar-refractivity contribution < 1.29 is 19.1 Å². The van der Waals surface area contributed by atoms with Gasteiger partial charge in [-0.1, -0.05) is 24.6 Å². The number of likely N-dealkylation sites (tertiary alicyclic amines) is 1. The summed E-state index contributed by atoms with van der Waals surface area (Å²) < 4.78 is 13.8. The van der Waals surface area contributed by atoms with E-state index in [1.165, 1.54) is 23.1 Å². The normalized spacial score (nSPS) is 22.6. The van der Waals surface area contributed by atoms with Crippen LogP contribution in [-0.2, 0) is 4.79 Å². The number of nitrogens with zero attached hydrogens (tertiary/aromatic N) is 1. The van der Waals surface area contributed by atoms with Gasteiger partial charge < -0.3 is 10.0 Å². The Labute approximate surface area is 114 Å². The molecule has 1 aliphatic heterocycles. The number of hydrogen-bond acceptors (Lipinski definition) is 2. The lowest BCUT2D eigenvalue weighted by Crippen LogP contribution is -2.30. The molecule has 0 saturated carbocycles. The summed E-state index contributed by atoms with van der Waals surface area (Å²) in [7, 11) is 0. The van der Waals surface area contributed by atoms with Crippen molar-refractivity contribution in [2.75, 3.05) is 13.1 Å². The number of carbonyl (C=O) groups is 2. The molecule has 6 heteroatoms. The quantitative estimate of drug-likeness (QED) is 0.907. The van der Waals surface area contributed by atoms with Crippen molar-refractivity contribution in [2.45, 2.75) is 6.92 Å². The fourth-order valence-corrected chi connectivity index (χ4v) is 2.47. The molecule has 2 unspecified atom stereocenters. The van der Waals surface area contributed by atoms with Crippen molar-refractivity contribution in [3.8, 4) is 0 Å². The first-order valence-electron chi connectivity index (χ1n) is 5.88. The lowest BCUT2D eigenvalue weighted by molar-refractivity contribution is -0.142. The largest absolute Gasteiger partial charge is 0.481 e. The van der Waals surface area contributed by atoms with Crippen LogP contribution in [0, 0.1) is 17.7 Å². The smallest absolute Gasteiger partial charge is 0.308 e. The number of aliphatic carboxylic acids is 1. The third kappa shape index (κ3) is 2.56. The fourth-order valence-electron chi connectivity index (χ4n) is 2.29. The minimum atomic E-state index is -0.936. The van der Waals surface area contributed by atoms with Crippen LogP contribution in [0.1, 0.15) is 17.3 Å². The lowest BCUT2D eigenvalue weighted by atomic mass is 9.99. The highest BCUT2D eigenvalue weighted by atomic mass is 35.5. The summed E-state index contributed by atoms with van der Waals surface area (Å²) in [5, 5.41) is 8.90. The molecule has 1 N–H and O–H groups in total. The third-order valence-electron chi connectivity index (χ3n) is 3.40. The van der Waals surface area contributed by atoms with Crippen LogP contribution in [0.5, 0.6) is 0 Å². The van der Waals surface area contributed by atoms with Crippen molar-refractivity contribution in [2.24, 2.45) is 11.8 Å². The fraction of sp³-hybridized carbons (Fsp3) is 0.385. The van der Waals surface area contributed by atoms with Gasteiger partial charge in [-0.3, -0.25) is 9.59 Å². The average Bonchev–Trinajstić information content (AvgIpc) is 2.74. The first-order valence-corrected chi connectivity index (χ1v) is 6.25. The van der Waals surface area contributed by atoms with Gasteiger partial charge in [0.15, 0.2) is 5.82 Å². The Morgan fingerprint density at radius 2 is 2.11 bits per heavy atom. The molecule has 0 radical (unpaired) electrons. The second kappa shape index (κ2) is 5.17. The van der Waals surface area contributed by atoms with Crippen molar-refractivity contribution in [1.29, 1.82) is 0 Å². The molecule has 102 valence electrons. The summed E-state index contributed by atoms with van der Waals surface area (Å²) in [4.78, 5) is 24.5. The monoisotopic (exact) mass is 285 g/mol. The SMILES string of the molecule is CC1CN(C(=O)c2cccc(Cl)c2F)CC1C(=O)O. The summed E-state index contributed by atoms with van der Waals surface area (Å²) >= 11 is 5.63. The van der Waals surface area contributed by atoms with Gasteiger partial charge in [-0.05, 0) is 18.1 Å². The van der Waals surface area contributed by atoms with Gasteiger partial charge in [0, 0.05) is 13.1 Å². The maximum atomic E-state index is 13.8. The number of hydrogen-bond donors (Lipinski definition) is 1. The van der Waals surface area contributed by atoms with Crippen molar-refractivity contribution >= 4 is 23.5 Å². The summed E-state index contributed by atoms with van der Waals surface area (Å²) in [6, 6.07) is 4.20. The zero-order valence-corrected chi connectivity index (χ0v) is 11.0. The van der Waals surface area contributed by atoms with Gasteiger partial charge in [-0.2, -0.15) is 0 Å². The van der Waals surface area contributed by atoms with Crippen LogP contribution in [0.2, 0.25) is 5.02 Å². The van der Waals surface area contributed by atoms with Crippen LogP contribution < -0.4 is 0 Å². The molecule has 1 amide bonds. The van der Waals surface area contributed by atoms with E-state index >= 15 is 0 Å². The van der Waals surface area contributed by atoms with Crippen LogP contribution in [0.25, 0.3) is 0 Å². The molecule has 1 aromatic carbocycles. The van der Waals surface area contributed by atoms with Gasteiger partial charge in [-0.15, -0.1) is 0 Å². The standard InChI is InChI=1S/C13H13ClFNO3/c1-7-5-16(6-9(7)13(18)19)12(17)8-3-2-4-10(14)11(8)15/h2-4,7,9H,5-6H2,1H3,(H,18,19). The molecule has 1 aromatic rings. The summed E-state index contributed by atoms with van der Waals surface area (Å²) in [6.07, 6.45) is 0. The summed E-state index contributed by atoms with van der Waals surface area (Å²) in [5.74, 6) is -2.97. The Bertz CT molecular complexity index is 535. The van der Waals surface area contributed by atoms with E-state index in [1.807, 2.05) is 0 Å². The molecule has 2 rings (SSSR count). The van der Waals surface area contributed by atoms with E-state index in [-0.39, 0.29) is 23.0 Å². The van der Waals surface area contributed by atoms with Crippen LogP contribution in [0.4, 0.5) is 4.39 Å². The van der Waals surface area contributed by atoms with Crippen LogP contribution in [0.3, 0.4) is 0 Å². The molecule has 0 aliphatic carbocycles. The van der Waals surface area contributed by atoms with Gasteiger partial charge in [0.1, 0.15) is 0 Å². The van der Waals surface area contributed by atoms with E-state index in [4.69, 9.17) is 16.7 Å². The molecule has 1 fully saturated rings.